The standard InChI is InChI=1S/C22H24N4O/c1-17-6-8-19(9-7-17)22-20-5-3-11-25(20)12-13-26(22)16-21(27)24-15-18-4-2-10-23-14-18/h2-11,14,22H,12-13,15-16H2,1H3,(H,24,27). The Morgan fingerprint density at radius 2 is 2.00 bits per heavy atom. The van der Waals surface area contributed by atoms with Gasteiger partial charge in [0.15, 0.2) is 0 Å². The number of hydrogen-bond donors (Lipinski definition) is 1. The molecule has 5 heteroatoms. The van der Waals surface area contributed by atoms with E-state index in [2.05, 4.69) is 69.3 Å². The predicted molar refractivity (Wildman–Crippen MR) is 105 cm³/mol. The molecule has 1 amide bonds. The highest BCUT2D eigenvalue weighted by molar-refractivity contribution is 5.78. The largest absolute Gasteiger partial charge is 0.351 e. The van der Waals surface area contributed by atoms with Crippen LogP contribution in [-0.2, 0) is 17.9 Å². The lowest BCUT2D eigenvalue weighted by Gasteiger charge is -2.37. The average molecular weight is 360 g/mol. The first-order valence-electron chi connectivity index (χ1n) is 9.32. The SMILES string of the molecule is Cc1ccc(C2c3cccn3CCN2CC(=O)NCc2cccnc2)cc1. The van der Waals surface area contributed by atoms with Gasteiger partial charge in [-0.05, 0) is 36.2 Å². The van der Waals surface area contributed by atoms with Crippen molar-refractivity contribution in [2.45, 2.75) is 26.1 Å². The maximum Gasteiger partial charge on any atom is 0.234 e. The molecule has 1 aliphatic heterocycles. The lowest BCUT2D eigenvalue weighted by molar-refractivity contribution is -0.123. The molecule has 1 aliphatic rings. The third-order valence-corrected chi connectivity index (χ3v) is 5.09. The zero-order chi connectivity index (χ0) is 18.6. The average Bonchev–Trinajstić information content (AvgIpc) is 3.17. The van der Waals surface area contributed by atoms with Gasteiger partial charge >= 0.3 is 0 Å². The minimum Gasteiger partial charge on any atom is -0.351 e. The number of benzene rings is 1. The summed E-state index contributed by atoms with van der Waals surface area (Å²) in [7, 11) is 0. The molecule has 2 aromatic heterocycles. The number of nitrogens with one attached hydrogen (secondary N) is 1. The van der Waals surface area contributed by atoms with Crippen LogP contribution in [0.2, 0.25) is 0 Å². The summed E-state index contributed by atoms with van der Waals surface area (Å²) in [5.74, 6) is 0.0379. The first-order chi connectivity index (χ1) is 13.2. The van der Waals surface area contributed by atoms with Crippen molar-refractivity contribution in [1.29, 1.82) is 0 Å². The topological polar surface area (TPSA) is 50.2 Å². The Morgan fingerprint density at radius 1 is 1.15 bits per heavy atom. The lowest BCUT2D eigenvalue weighted by Crippen LogP contribution is -2.44. The molecule has 0 fully saturated rings. The van der Waals surface area contributed by atoms with Crippen LogP contribution in [0.5, 0.6) is 0 Å². The van der Waals surface area contributed by atoms with Gasteiger partial charge in [0.25, 0.3) is 0 Å². The van der Waals surface area contributed by atoms with Gasteiger partial charge < -0.3 is 9.88 Å². The lowest BCUT2D eigenvalue weighted by atomic mass is 9.99. The van der Waals surface area contributed by atoms with Gasteiger partial charge in [0.05, 0.1) is 12.6 Å². The minimum absolute atomic E-state index is 0.0379. The van der Waals surface area contributed by atoms with Crippen LogP contribution in [0.1, 0.15) is 28.4 Å². The van der Waals surface area contributed by atoms with E-state index in [1.807, 2.05) is 12.1 Å². The fourth-order valence-electron chi connectivity index (χ4n) is 3.68. The molecule has 3 heterocycles. The van der Waals surface area contributed by atoms with Crippen LogP contribution in [0.3, 0.4) is 0 Å². The van der Waals surface area contributed by atoms with E-state index in [9.17, 15) is 4.79 Å². The quantitative estimate of drug-likeness (QED) is 0.761. The molecule has 0 bridgehead atoms. The van der Waals surface area contributed by atoms with E-state index >= 15 is 0 Å². The Balaban J connectivity index is 1.50. The maximum absolute atomic E-state index is 12.6. The molecular formula is C22H24N4O. The number of carbonyl (C=O) groups excluding carboxylic acids is 1. The third kappa shape index (κ3) is 3.93. The molecule has 4 rings (SSSR count). The summed E-state index contributed by atoms with van der Waals surface area (Å²) in [6.07, 6.45) is 5.64. The second-order valence-electron chi connectivity index (χ2n) is 7.05. The Morgan fingerprint density at radius 3 is 2.78 bits per heavy atom. The molecule has 0 aliphatic carbocycles. The molecule has 1 N–H and O–H groups in total. The van der Waals surface area contributed by atoms with Gasteiger partial charge in [0.2, 0.25) is 5.91 Å². The second kappa shape index (κ2) is 7.76. The molecule has 0 saturated carbocycles. The van der Waals surface area contributed by atoms with Crippen molar-refractivity contribution in [3.05, 3.63) is 89.5 Å². The van der Waals surface area contributed by atoms with Crippen LogP contribution < -0.4 is 5.32 Å². The van der Waals surface area contributed by atoms with Crippen molar-refractivity contribution in [2.75, 3.05) is 13.1 Å². The monoisotopic (exact) mass is 360 g/mol. The molecule has 0 saturated heterocycles. The van der Waals surface area contributed by atoms with E-state index in [1.54, 1.807) is 12.4 Å². The first-order valence-corrected chi connectivity index (χ1v) is 9.32. The van der Waals surface area contributed by atoms with Crippen LogP contribution >= 0.6 is 0 Å². The molecule has 1 aromatic carbocycles. The Bertz CT molecular complexity index is 902. The van der Waals surface area contributed by atoms with Gasteiger partial charge in [-0.3, -0.25) is 14.7 Å². The smallest absolute Gasteiger partial charge is 0.234 e. The number of fused-ring (bicyclic) bond motifs is 1. The van der Waals surface area contributed by atoms with Gasteiger partial charge in [-0.15, -0.1) is 0 Å². The fourth-order valence-corrected chi connectivity index (χ4v) is 3.68. The molecule has 1 unspecified atom stereocenters. The number of hydrogen-bond acceptors (Lipinski definition) is 3. The summed E-state index contributed by atoms with van der Waals surface area (Å²) < 4.78 is 2.29. The molecule has 3 aromatic rings. The summed E-state index contributed by atoms with van der Waals surface area (Å²) in [5.41, 5.74) is 4.71. The number of nitrogens with zero attached hydrogens (tertiary/aromatic N) is 3. The Labute approximate surface area is 159 Å². The molecule has 1 atom stereocenters. The zero-order valence-electron chi connectivity index (χ0n) is 15.5. The highest BCUT2D eigenvalue weighted by Gasteiger charge is 2.29. The summed E-state index contributed by atoms with van der Waals surface area (Å²) >= 11 is 0. The van der Waals surface area contributed by atoms with Gasteiger partial charge in [-0.25, -0.2) is 0 Å². The normalized spacial score (nSPS) is 16.7. The van der Waals surface area contributed by atoms with Gasteiger partial charge in [0, 0.05) is 43.9 Å². The fraction of sp³-hybridized carbons (Fsp3) is 0.273. The summed E-state index contributed by atoms with van der Waals surface area (Å²) in [6, 6.07) is 16.8. The molecule has 0 spiro atoms. The predicted octanol–water partition coefficient (Wildman–Crippen LogP) is 2.91. The molecule has 5 nitrogen and oxygen atoms in total. The number of aryl methyl sites for hydroxylation is 1. The Hall–Kier alpha value is -2.92. The van der Waals surface area contributed by atoms with Crippen molar-refractivity contribution in [3.63, 3.8) is 0 Å². The van der Waals surface area contributed by atoms with Crippen molar-refractivity contribution in [1.82, 2.24) is 19.8 Å². The first kappa shape index (κ1) is 17.5. The van der Waals surface area contributed by atoms with Crippen LogP contribution in [0.15, 0.2) is 67.1 Å². The van der Waals surface area contributed by atoms with Crippen LogP contribution in [0.25, 0.3) is 0 Å². The van der Waals surface area contributed by atoms with Gasteiger partial charge in [-0.2, -0.15) is 0 Å². The van der Waals surface area contributed by atoms with E-state index in [1.165, 1.54) is 16.8 Å². The number of amides is 1. The molecule has 138 valence electrons. The number of carbonyl (C=O) groups is 1. The molecular weight excluding hydrogens is 336 g/mol. The van der Waals surface area contributed by atoms with Crippen molar-refractivity contribution in [3.8, 4) is 0 Å². The third-order valence-electron chi connectivity index (χ3n) is 5.09. The van der Waals surface area contributed by atoms with Crippen molar-refractivity contribution in [2.24, 2.45) is 0 Å². The Kier molecular flexibility index (Phi) is 5.03. The van der Waals surface area contributed by atoms with E-state index in [-0.39, 0.29) is 11.9 Å². The molecule has 0 radical (unpaired) electrons. The van der Waals surface area contributed by atoms with Crippen LogP contribution in [0, 0.1) is 6.92 Å². The summed E-state index contributed by atoms with van der Waals surface area (Å²) in [5, 5.41) is 3.02. The molecule has 27 heavy (non-hydrogen) atoms. The zero-order valence-corrected chi connectivity index (χ0v) is 15.5. The van der Waals surface area contributed by atoms with Gasteiger partial charge in [-0.1, -0.05) is 35.9 Å². The van der Waals surface area contributed by atoms with E-state index in [0.29, 0.717) is 13.1 Å². The summed E-state index contributed by atoms with van der Waals surface area (Å²) in [4.78, 5) is 18.9. The van der Waals surface area contributed by atoms with Crippen molar-refractivity contribution < 1.29 is 4.79 Å². The highest BCUT2D eigenvalue weighted by Crippen LogP contribution is 2.32. The minimum atomic E-state index is 0.0379. The second-order valence-corrected chi connectivity index (χ2v) is 7.05. The highest BCUT2D eigenvalue weighted by atomic mass is 16.2. The van der Waals surface area contributed by atoms with Crippen molar-refractivity contribution >= 4 is 5.91 Å². The maximum atomic E-state index is 12.6. The number of aromatic nitrogens is 2. The van der Waals surface area contributed by atoms with Crippen LogP contribution in [0.4, 0.5) is 0 Å². The van der Waals surface area contributed by atoms with E-state index < -0.39 is 0 Å². The van der Waals surface area contributed by atoms with E-state index in [4.69, 9.17) is 0 Å². The van der Waals surface area contributed by atoms with Gasteiger partial charge in [0.1, 0.15) is 0 Å². The number of rotatable bonds is 5. The number of pyridine rings is 1. The van der Waals surface area contributed by atoms with E-state index in [0.717, 1.165) is 18.7 Å². The van der Waals surface area contributed by atoms with Crippen LogP contribution in [-0.4, -0.2) is 33.4 Å². The summed E-state index contributed by atoms with van der Waals surface area (Å²) in [6.45, 7) is 4.73.